The van der Waals surface area contributed by atoms with Crippen molar-refractivity contribution in [1.82, 2.24) is 0 Å². The number of anilines is 2. The van der Waals surface area contributed by atoms with E-state index in [0.29, 0.717) is 22.5 Å². The fourth-order valence-corrected chi connectivity index (χ4v) is 1.53. The van der Waals surface area contributed by atoms with Crippen molar-refractivity contribution in [3.63, 3.8) is 0 Å². The van der Waals surface area contributed by atoms with Crippen LogP contribution in [0.15, 0.2) is 0 Å². The highest BCUT2D eigenvalue weighted by Crippen LogP contribution is 2.30. The van der Waals surface area contributed by atoms with Gasteiger partial charge in [0, 0.05) is 0 Å². The van der Waals surface area contributed by atoms with E-state index in [1.54, 1.807) is 20.8 Å². The van der Waals surface area contributed by atoms with Gasteiger partial charge in [-0.25, -0.2) is 4.79 Å². The Hall–Kier alpha value is -1.71. The predicted octanol–water partition coefficient (Wildman–Crippen LogP) is 1.47. The van der Waals surface area contributed by atoms with Crippen LogP contribution in [-0.2, 0) is 0 Å². The van der Waals surface area contributed by atoms with Gasteiger partial charge in [-0.3, -0.25) is 0 Å². The second kappa shape index (κ2) is 3.21. The number of carbonyl (C=O) groups is 1. The highest BCUT2D eigenvalue weighted by molar-refractivity contribution is 5.95. The summed E-state index contributed by atoms with van der Waals surface area (Å²) in [6, 6.07) is 0. The SMILES string of the molecule is Cc1c(C)c(C(=O)O)c(C)c(N)c1N. The van der Waals surface area contributed by atoms with Crippen molar-refractivity contribution in [3.8, 4) is 0 Å². The Kier molecular flexibility index (Phi) is 2.38. The van der Waals surface area contributed by atoms with E-state index in [1.807, 2.05) is 0 Å². The lowest BCUT2D eigenvalue weighted by molar-refractivity contribution is 0.0695. The molecule has 0 amide bonds. The maximum absolute atomic E-state index is 11.0. The molecule has 4 nitrogen and oxygen atoms in total. The molecule has 0 heterocycles. The number of nitrogens with two attached hydrogens (primary N) is 2. The Balaban J connectivity index is 3.68. The van der Waals surface area contributed by atoms with E-state index in [2.05, 4.69) is 0 Å². The van der Waals surface area contributed by atoms with Crippen molar-refractivity contribution in [2.24, 2.45) is 0 Å². The summed E-state index contributed by atoms with van der Waals surface area (Å²) in [5.41, 5.74) is 14.5. The van der Waals surface area contributed by atoms with Gasteiger partial charge in [0.2, 0.25) is 0 Å². The van der Waals surface area contributed by atoms with Crippen LogP contribution in [0.2, 0.25) is 0 Å². The quantitative estimate of drug-likeness (QED) is 0.590. The Bertz CT molecular complexity index is 382. The monoisotopic (exact) mass is 194 g/mol. The van der Waals surface area contributed by atoms with Gasteiger partial charge in [-0.05, 0) is 37.5 Å². The van der Waals surface area contributed by atoms with E-state index in [-0.39, 0.29) is 5.56 Å². The molecule has 4 heteroatoms. The molecule has 1 aromatic carbocycles. The van der Waals surface area contributed by atoms with Gasteiger partial charge >= 0.3 is 5.97 Å². The van der Waals surface area contributed by atoms with E-state index in [9.17, 15) is 4.79 Å². The molecule has 1 rings (SSSR count). The Labute approximate surface area is 82.5 Å². The van der Waals surface area contributed by atoms with Crippen molar-refractivity contribution in [3.05, 3.63) is 22.3 Å². The standard InChI is InChI=1S/C10H14N2O2/c1-4-5(2)8(11)9(12)6(3)7(4)10(13)14/h11-12H2,1-3H3,(H,13,14). The average molecular weight is 194 g/mol. The summed E-state index contributed by atoms with van der Waals surface area (Å²) in [5.74, 6) is -0.963. The van der Waals surface area contributed by atoms with Crippen LogP contribution in [0.25, 0.3) is 0 Å². The molecule has 0 radical (unpaired) electrons. The first-order valence-corrected chi connectivity index (χ1v) is 4.26. The molecule has 0 bridgehead atoms. The minimum absolute atomic E-state index is 0.259. The molecule has 0 aliphatic carbocycles. The van der Waals surface area contributed by atoms with Crippen LogP contribution in [0.5, 0.6) is 0 Å². The van der Waals surface area contributed by atoms with Crippen molar-refractivity contribution in [2.45, 2.75) is 20.8 Å². The minimum atomic E-state index is -0.963. The fourth-order valence-electron chi connectivity index (χ4n) is 1.53. The summed E-state index contributed by atoms with van der Waals surface area (Å²) in [5, 5.41) is 8.99. The van der Waals surface area contributed by atoms with E-state index in [1.165, 1.54) is 0 Å². The van der Waals surface area contributed by atoms with Crippen LogP contribution in [-0.4, -0.2) is 11.1 Å². The Morgan fingerprint density at radius 2 is 1.43 bits per heavy atom. The van der Waals surface area contributed by atoms with Crippen LogP contribution in [0, 0.1) is 20.8 Å². The summed E-state index contributed by atoms with van der Waals surface area (Å²) < 4.78 is 0. The Morgan fingerprint density at radius 3 is 1.86 bits per heavy atom. The van der Waals surface area contributed by atoms with Crippen LogP contribution < -0.4 is 11.5 Å². The normalized spacial score (nSPS) is 10.2. The zero-order chi connectivity index (χ0) is 11.0. The molecule has 1 aromatic rings. The number of rotatable bonds is 1. The molecule has 14 heavy (non-hydrogen) atoms. The molecule has 0 fully saturated rings. The summed E-state index contributed by atoms with van der Waals surface area (Å²) >= 11 is 0. The second-order valence-electron chi connectivity index (χ2n) is 3.38. The highest BCUT2D eigenvalue weighted by atomic mass is 16.4. The zero-order valence-corrected chi connectivity index (χ0v) is 8.51. The molecule has 0 unspecified atom stereocenters. The molecular formula is C10H14N2O2. The molecule has 0 saturated heterocycles. The van der Waals surface area contributed by atoms with E-state index in [0.717, 1.165) is 5.56 Å². The lowest BCUT2D eigenvalue weighted by Crippen LogP contribution is -2.10. The first kappa shape index (κ1) is 10.4. The van der Waals surface area contributed by atoms with Crippen molar-refractivity contribution in [2.75, 3.05) is 11.5 Å². The van der Waals surface area contributed by atoms with Crippen molar-refractivity contribution in [1.29, 1.82) is 0 Å². The van der Waals surface area contributed by atoms with Crippen molar-refractivity contribution >= 4 is 17.3 Å². The maximum atomic E-state index is 11.0. The van der Waals surface area contributed by atoms with Gasteiger partial charge < -0.3 is 16.6 Å². The predicted molar refractivity (Wildman–Crippen MR) is 56.4 cm³/mol. The molecule has 76 valence electrons. The molecule has 0 spiro atoms. The number of carboxylic acids is 1. The number of aromatic carboxylic acids is 1. The van der Waals surface area contributed by atoms with Gasteiger partial charge in [0.15, 0.2) is 0 Å². The number of hydrogen-bond donors (Lipinski definition) is 3. The van der Waals surface area contributed by atoms with E-state index in [4.69, 9.17) is 16.6 Å². The smallest absolute Gasteiger partial charge is 0.336 e. The average Bonchev–Trinajstić information content (AvgIpc) is 2.11. The number of carboxylic acid groups (broad SMARTS) is 1. The Morgan fingerprint density at radius 1 is 1.00 bits per heavy atom. The van der Waals surface area contributed by atoms with E-state index < -0.39 is 5.97 Å². The number of hydrogen-bond acceptors (Lipinski definition) is 3. The third kappa shape index (κ3) is 1.28. The molecule has 0 aliphatic rings. The summed E-state index contributed by atoms with van der Waals surface area (Å²) in [7, 11) is 0. The second-order valence-corrected chi connectivity index (χ2v) is 3.38. The van der Waals surface area contributed by atoms with Gasteiger partial charge in [-0.1, -0.05) is 0 Å². The number of benzene rings is 1. The zero-order valence-electron chi connectivity index (χ0n) is 8.51. The van der Waals surface area contributed by atoms with Crippen LogP contribution in [0.4, 0.5) is 11.4 Å². The maximum Gasteiger partial charge on any atom is 0.336 e. The molecule has 0 aliphatic heterocycles. The summed E-state index contributed by atoms with van der Waals surface area (Å²) in [4.78, 5) is 11.0. The number of nitrogen functional groups attached to an aromatic ring is 2. The lowest BCUT2D eigenvalue weighted by Gasteiger charge is -2.14. The van der Waals surface area contributed by atoms with Gasteiger partial charge in [-0.2, -0.15) is 0 Å². The first-order valence-electron chi connectivity index (χ1n) is 4.26. The molecule has 0 saturated carbocycles. The lowest BCUT2D eigenvalue weighted by atomic mass is 9.95. The van der Waals surface area contributed by atoms with Crippen molar-refractivity contribution < 1.29 is 9.90 Å². The van der Waals surface area contributed by atoms with Gasteiger partial charge in [0.05, 0.1) is 16.9 Å². The molecule has 0 aromatic heterocycles. The third-order valence-corrected chi connectivity index (χ3v) is 2.62. The van der Waals surface area contributed by atoms with Gasteiger partial charge in [0.1, 0.15) is 0 Å². The third-order valence-electron chi connectivity index (χ3n) is 2.62. The van der Waals surface area contributed by atoms with Gasteiger partial charge in [0.25, 0.3) is 0 Å². The topological polar surface area (TPSA) is 89.3 Å². The summed E-state index contributed by atoms with van der Waals surface area (Å²) in [6.07, 6.45) is 0. The first-order chi connectivity index (χ1) is 6.37. The van der Waals surface area contributed by atoms with Crippen LogP contribution in [0.1, 0.15) is 27.0 Å². The van der Waals surface area contributed by atoms with Crippen LogP contribution >= 0.6 is 0 Å². The highest BCUT2D eigenvalue weighted by Gasteiger charge is 2.17. The molecular weight excluding hydrogens is 180 g/mol. The minimum Gasteiger partial charge on any atom is -0.478 e. The molecule has 5 N–H and O–H groups in total. The summed E-state index contributed by atoms with van der Waals surface area (Å²) in [6.45, 7) is 5.18. The largest absolute Gasteiger partial charge is 0.478 e. The fraction of sp³-hybridized carbons (Fsp3) is 0.300. The van der Waals surface area contributed by atoms with Gasteiger partial charge in [-0.15, -0.1) is 0 Å². The van der Waals surface area contributed by atoms with E-state index >= 15 is 0 Å². The molecule has 0 atom stereocenters. The van der Waals surface area contributed by atoms with Crippen LogP contribution in [0.3, 0.4) is 0 Å².